The summed E-state index contributed by atoms with van der Waals surface area (Å²) < 4.78 is 0. The molecule has 0 aliphatic carbocycles. The molecule has 0 saturated heterocycles. The normalized spacial score (nSPS) is 11.3. The van der Waals surface area contributed by atoms with Crippen molar-refractivity contribution >= 4 is 27.5 Å². The minimum absolute atomic E-state index is 0.545. The first-order chi connectivity index (χ1) is 10.2. The maximum absolute atomic E-state index is 5.73. The van der Waals surface area contributed by atoms with Gasteiger partial charge in [0.15, 0.2) is 0 Å². The van der Waals surface area contributed by atoms with Crippen molar-refractivity contribution in [1.82, 2.24) is 15.2 Å². The molecule has 4 heteroatoms. The summed E-state index contributed by atoms with van der Waals surface area (Å²) >= 11 is 0. The van der Waals surface area contributed by atoms with Gasteiger partial charge in [-0.1, -0.05) is 18.2 Å². The van der Waals surface area contributed by atoms with Crippen LogP contribution in [0.3, 0.4) is 0 Å². The third-order valence-electron chi connectivity index (χ3n) is 3.86. The Balaban J connectivity index is 2.02. The Morgan fingerprint density at radius 1 is 1.00 bits per heavy atom. The third-order valence-corrected chi connectivity index (χ3v) is 3.86. The highest BCUT2D eigenvalue weighted by atomic mass is 15.1. The van der Waals surface area contributed by atoms with Crippen LogP contribution in [0.1, 0.15) is 5.56 Å². The minimum Gasteiger partial charge on any atom is -0.384 e. The van der Waals surface area contributed by atoms with Crippen LogP contribution in [-0.4, -0.2) is 15.2 Å². The molecule has 4 nitrogen and oxygen atoms in total. The van der Waals surface area contributed by atoms with E-state index in [0.717, 1.165) is 21.7 Å². The standard InChI is InChI=1S/C17H14N4/c1-10-2-5-15-14(9-20-21-15)17(10)12-4-3-11-7-16(18)19-8-13(11)6-12/h2-9H,1H3,(H2,18,19)(H,20,21). The van der Waals surface area contributed by atoms with Gasteiger partial charge < -0.3 is 5.73 Å². The number of aromatic nitrogens is 3. The number of nitrogen functional groups attached to an aromatic ring is 1. The van der Waals surface area contributed by atoms with Crippen LogP contribution in [0.2, 0.25) is 0 Å². The summed E-state index contributed by atoms with van der Waals surface area (Å²) in [5.41, 5.74) is 10.4. The number of hydrogen-bond donors (Lipinski definition) is 2. The van der Waals surface area contributed by atoms with E-state index in [4.69, 9.17) is 5.73 Å². The molecule has 0 unspecified atom stereocenters. The molecule has 3 N–H and O–H groups in total. The maximum Gasteiger partial charge on any atom is 0.123 e. The lowest BCUT2D eigenvalue weighted by molar-refractivity contribution is 1.12. The molecule has 0 spiro atoms. The van der Waals surface area contributed by atoms with E-state index < -0.39 is 0 Å². The van der Waals surface area contributed by atoms with Gasteiger partial charge in [-0.3, -0.25) is 5.10 Å². The number of pyridine rings is 1. The fourth-order valence-electron chi connectivity index (χ4n) is 2.82. The van der Waals surface area contributed by atoms with Crippen molar-refractivity contribution in [3.05, 3.63) is 54.4 Å². The van der Waals surface area contributed by atoms with Gasteiger partial charge in [0.1, 0.15) is 5.82 Å². The first-order valence-corrected chi connectivity index (χ1v) is 6.81. The molecule has 102 valence electrons. The van der Waals surface area contributed by atoms with E-state index in [1.807, 2.05) is 18.5 Å². The summed E-state index contributed by atoms with van der Waals surface area (Å²) in [6.07, 6.45) is 3.70. The van der Waals surface area contributed by atoms with Gasteiger partial charge in [-0.15, -0.1) is 0 Å². The number of nitrogens with two attached hydrogens (primary N) is 1. The quantitative estimate of drug-likeness (QED) is 0.556. The fourth-order valence-corrected chi connectivity index (χ4v) is 2.82. The number of aromatic amines is 1. The van der Waals surface area contributed by atoms with E-state index in [0.29, 0.717) is 5.82 Å². The molecule has 0 radical (unpaired) electrons. The summed E-state index contributed by atoms with van der Waals surface area (Å²) in [6, 6.07) is 12.4. The second-order valence-electron chi connectivity index (χ2n) is 5.26. The summed E-state index contributed by atoms with van der Waals surface area (Å²) in [6.45, 7) is 2.12. The van der Waals surface area contributed by atoms with Crippen molar-refractivity contribution in [3.63, 3.8) is 0 Å². The molecule has 4 rings (SSSR count). The highest BCUT2D eigenvalue weighted by Gasteiger charge is 2.09. The van der Waals surface area contributed by atoms with Gasteiger partial charge in [0.25, 0.3) is 0 Å². The summed E-state index contributed by atoms with van der Waals surface area (Å²) in [7, 11) is 0. The van der Waals surface area contributed by atoms with E-state index >= 15 is 0 Å². The smallest absolute Gasteiger partial charge is 0.123 e. The lowest BCUT2D eigenvalue weighted by Crippen LogP contribution is -1.90. The summed E-state index contributed by atoms with van der Waals surface area (Å²) in [5, 5.41) is 10.5. The molecule has 2 aromatic carbocycles. The van der Waals surface area contributed by atoms with E-state index in [1.165, 1.54) is 16.7 Å². The molecule has 2 heterocycles. The zero-order valence-electron chi connectivity index (χ0n) is 11.6. The molecule has 0 aliphatic heterocycles. The molecule has 0 bridgehead atoms. The summed E-state index contributed by atoms with van der Waals surface area (Å²) in [4.78, 5) is 4.18. The number of H-pyrrole nitrogens is 1. The fraction of sp³-hybridized carbons (Fsp3) is 0.0588. The zero-order chi connectivity index (χ0) is 14.4. The van der Waals surface area contributed by atoms with Crippen LogP contribution in [0.25, 0.3) is 32.8 Å². The molecule has 0 amide bonds. The number of benzene rings is 2. The van der Waals surface area contributed by atoms with Gasteiger partial charge in [-0.2, -0.15) is 5.10 Å². The number of fused-ring (bicyclic) bond motifs is 2. The SMILES string of the molecule is Cc1ccc2[nH]ncc2c1-c1ccc2cc(N)ncc2c1. The first kappa shape index (κ1) is 11.9. The topological polar surface area (TPSA) is 67.6 Å². The van der Waals surface area contributed by atoms with Gasteiger partial charge in [0.05, 0.1) is 11.7 Å². The predicted octanol–water partition coefficient (Wildman–Crippen LogP) is 3.67. The number of rotatable bonds is 1. The highest BCUT2D eigenvalue weighted by Crippen LogP contribution is 2.32. The van der Waals surface area contributed by atoms with Gasteiger partial charge in [-0.05, 0) is 47.2 Å². The Kier molecular flexibility index (Phi) is 2.44. The molecule has 4 aromatic rings. The zero-order valence-corrected chi connectivity index (χ0v) is 11.6. The van der Waals surface area contributed by atoms with Crippen molar-refractivity contribution in [3.8, 4) is 11.1 Å². The predicted molar refractivity (Wildman–Crippen MR) is 86.0 cm³/mol. The Hall–Kier alpha value is -2.88. The lowest BCUT2D eigenvalue weighted by atomic mass is 9.95. The minimum atomic E-state index is 0.545. The Morgan fingerprint density at radius 3 is 2.81 bits per heavy atom. The van der Waals surface area contributed by atoms with Crippen LogP contribution in [-0.2, 0) is 0 Å². The maximum atomic E-state index is 5.73. The van der Waals surface area contributed by atoms with Gasteiger partial charge >= 0.3 is 0 Å². The van der Waals surface area contributed by atoms with Crippen LogP contribution >= 0.6 is 0 Å². The number of anilines is 1. The molecular weight excluding hydrogens is 260 g/mol. The molecule has 0 aliphatic rings. The van der Waals surface area contributed by atoms with E-state index in [-0.39, 0.29) is 0 Å². The van der Waals surface area contributed by atoms with Crippen LogP contribution in [0, 0.1) is 6.92 Å². The molecule has 0 saturated carbocycles. The van der Waals surface area contributed by atoms with Crippen molar-refractivity contribution < 1.29 is 0 Å². The first-order valence-electron chi connectivity index (χ1n) is 6.81. The van der Waals surface area contributed by atoms with Gasteiger partial charge in [0, 0.05) is 17.0 Å². The largest absolute Gasteiger partial charge is 0.384 e. The number of nitrogens with one attached hydrogen (secondary N) is 1. The molecular formula is C17H14N4. The number of hydrogen-bond acceptors (Lipinski definition) is 3. The molecule has 0 atom stereocenters. The Labute approximate surface area is 121 Å². The average molecular weight is 274 g/mol. The van der Waals surface area contributed by atoms with Crippen molar-refractivity contribution in [1.29, 1.82) is 0 Å². The van der Waals surface area contributed by atoms with Crippen molar-refractivity contribution in [2.45, 2.75) is 6.92 Å². The van der Waals surface area contributed by atoms with Gasteiger partial charge in [-0.25, -0.2) is 4.98 Å². The second kappa shape index (κ2) is 4.31. The lowest BCUT2D eigenvalue weighted by Gasteiger charge is -2.09. The van der Waals surface area contributed by atoms with E-state index in [1.54, 1.807) is 0 Å². The highest BCUT2D eigenvalue weighted by molar-refractivity contribution is 5.98. The van der Waals surface area contributed by atoms with Gasteiger partial charge in [0.2, 0.25) is 0 Å². The Morgan fingerprint density at radius 2 is 1.90 bits per heavy atom. The number of nitrogens with zero attached hydrogens (tertiary/aromatic N) is 2. The number of aryl methyl sites for hydroxylation is 1. The van der Waals surface area contributed by atoms with Crippen molar-refractivity contribution in [2.24, 2.45) is 0 Å². The summed E-state index contributed by atoms with van der Waals surface area (Å²) in [5.74, 6) is 0.545. The van der Waals surface area contributed by atoms with Crippen molar-refractivity contribution in [2.75, 3.05) is 5.73 Å². The van der Waals surface area contributed by atoms with E-state index in [2.05, 4.69) is 52.4 Å². The average Bonchev–Trinajstić information content (AvgIpc) is 2.95. The van der Waals surface area contributed by atoms with Crippen LogP contribution < -0.4 is 5.73 Å². The van der Waals surface area contributed by atoms with E-state index in [9.17, 15) is 0 Å². The second-order valence-corrected chi connectivity index (χ2v) is 5.26. The Bertz CT molecular complexity index is 969. The monoisotopic (exact) mass is 274 g/mol. The molecule has 0 fully saturated rings. The third kappa shape index (κ3) is 1.84. The van der Waals surface area contributed by atoms with Crippen LogP contribution in [0.5, 0.6) is 0 Å². The molecule has 21 heavy (non-hydrogen) atoms. The van der Waals surface area contributed by atoms with Crippen LogP contribution in [0.4, 0.5) is 5.82 Å². The molecule has 2 aromatic heterocycles. The van der Waals surface area contributed by atoms with Crippen LogP contribution in [0.15, 0.2) is 48.8 Å².